The predicted molar refractivity (Wildman–Crippen MR) is 78.3 cm³/mol. The van der Waals surface area contributed by atoms with Gasteiger partial charge in [-0.1, -0.05) is 18.2 Å². The van der Waals surface area contributed by atoms with Crippen LogP contribution in [-0.2, 0) is 9.59 Å². The Bertz CT molecular complexity index is 608. The van der Waals surface area contributed by atoms with Crippen molar-refractivity contribution in [2.45, 2.75) is 6.92 Å². The first-order chi connectivity index (χ1) is 10.1. The third-order valence-corrected chi connectivity index (χ3v) is 2.51. The Hall–Kier alpha value is -2.82. The monoisotopic (exact) mass is 285 g/mol. The summed E-state index contributed by atoms with van der Waals surface area (Å²) in [6, 6.07) is 15.5. The van der Waals surface area contributed by atoms with Gasteiger partial charge in [0.1, 0.15) is 11.5 Å². The number of rotatable bonds is 5. The lowest BCUT2D eigenvalue weighted by molar-refractivity contribution is -0.136. The minimum absolute atomic E-state index is 0.156. The molecular weight excluding hydrogens is 270 g/mol. The third-order valence-electron chi connectivity index (χ3n) is 2.51. The fraction of sp³-hybridized carbons (Fsp3) is 0.125. The molecule has 0 saturated heterocycles. The second-order valence-electron chi connectivity index (χ2n) is 4.28. The minimum atomic E-state index is -0.494. The molecular formula is C16H15NO4. The maximum atomic E-state index is 11.6. The van der Waals surface area contributed by atoms with Crippen molar-refractivity contribution < 1.29 is 19.1 Å². The third kappa shape index (κ3) is 4.99. The lowest BCUT2D eigenvalue weighted by atomic mass is 10.3. The molecule has 2 aromatic rings. The van der Waals surface area contributed by atoms with E-state index in [2.05, 4.69) is 5.32 Å². The summed E-state index contributed by atoms with van der Waals surface area (Å²) in [6.07, 6.45) is 0. The highest BCUT2D eigenvalue weighted by atomic mass is 16.6. The van der Waals surface area contributed by atoms with Gasteiger partial charge in [0.05, 0.1) is 0 Å². The van der Waals surface area contributed by atoms with Gasteiger partial charge in [0.25, 0.3) is 0 Å². The highest BCUT2D eigenvalue weighted by Crippen LogP contribution is 2.16. The van der Waals surface area contributed by atoms with E-state index in [0.717, 1.165) is 0 Å². The van der Waals surface area contributed by atoms with Gasteiger partial charge in [-0.15, -0.1) is 0 Å². The van der Waals surface area contributed by atoms with Crippen LogP contribution >= 0.6 is 0 Å². The largest absolute Gasteiger partial charge is 0.482 e. The van der Waals surface area contributed by atoms with E-state index in [1.54, 1.807) is 36.4 Å². The van der Waals surface area contributed by atoms with Crippen molar-refractivity contribution in [3.05, 3.63) is 54.6 Å². The van der Waals surface area contributed by atoms with Crippen molar-refractivity contribution >= 4 is 17.6 Å². The van der Waals surface area contributed by atoms with E-state index in [1.807, 2.05) is 18.2 Å². The number of anilines is 1. The number of nitrogens with one attached hydrogen (secondary N) is 1. The van der Waals surface area contributed by atoms with Crippen LogP contribution in [0.3, 0.4) is 0 Å². The normalized spacial score (nSPS) is 9.76. The van der Waals surface area contributed by atoms with Crippen molar-refractivity contribution in [1.29, 1.82) is 0 Å². The van der Waals surface area contributed by atoms with Gasteiger partial charge < -0.3 is 14.8 Å². The molecule has 0 aromatic heterocycles. The van der Waals surface area contributed by atoms with Crippen LogP contribution in [0.25, 0.3) is 0 Å². The van der Waals surface area contributed by atoms with Crippen molar-refractivity contribution in [2.24, 2.45) is 0 Å². The zero-order chi connectivity index (χ0) is 15.1. The molecule has 21 heavy (non-hydrogen) atoms. The Kier molecular flexibility index (Phi) is 4.93. The molecule has 108 valence electrons. The maximum absolute atomic E-state index is 11.6. The first kappa shape index (κ1) is 14.6. The summed E-state index contributed by atoms with van der Waals surface area (Å²) in [6.45, 7) is 1.26. The van der Waals surface area contributed by atoms with Crippen molar-refractivity contribution in [2.75, 3.05) is 11.9 Å². The molecule has 0 radical (unpaired) electrons. The van der Waals surface area contributed by atoms with Crippen molar-refractivity contribution in [3.63, 3.8) is 0 Å². The Labute approximate surface area is 122 Å². The highest BCUT2D eigenvalue weighted by molar-refractivity contribution is 5.88. The molecule has 0 aliphatic heterocycles. The van der Waals surface area contributed by atoms with Gasteiger partial charge in [0.2, 0.25) is 5.91 Å². The fourth-order valence-electron chi connectivity index (χ4n) is 1.63. The number of hydrogen-bond donors (Lipinski definition) is 1. The number of benzene rings is 2. The Morgan fingerprint density at radius 3 is 2.24 bits per heavy atom. The Morgan fingerprint density at radius 2 is 1.62 bits per heavy atom. The van der Waals surface area contributed by atoms with Gasteiger partial charge in [-0.3, -0.25) is 4.79 Å². The standard InChI is InChI=1S/C16H15NO4/c1-12(18)17-13-7-9-15(10-8-13)21-16(19)11-20-14-5-3-2-4-6-14/h2-10H,11H2,1H3,(H,17,18). The van der Waals surface area contributed by atoms with E-state index in [9.17, 15) is 9.59 Å². The number of para-hydroxylation sites is 1. The van der Waals surface area contributed by atoms with Crippen LogP contribution in [0.15, 0.2) is 54.6 Å². The van der Waals surface area contributed by atoms with Crippen LogP contribution in [0, 0.1) is 0 Å². The molecule has 0 saturated carbocycles. The topological polar surface area (TPSA) is 64.6 Å². The quantitative estimate of drug-likeness (QED) is 0.677. The zero-order valence-corrected chi connectivity index (χ0v) is 11.5. The van der Waals surface area contributed by atoms with E-state index < -0.39 is 5.97 Å². The molecule has 0 aliphatic carbocycles. The fourth-order valence-corrected chi connectivity index (χ4v) is 1.63. The lowest BCUT2D eigenvalue weighted by Crippen LogP contribution is -2.17. The summed E-state index contributed by atoms with van der Waals surface area (Å²) in [5, 5.41) is 2.63. The molecule has 0 unspecified atom stereocenters. The van der Waals surface area contributed by atoms with Crippen molar-refractivity contribution in [1.82, 2.24) is 0 Å². The van der Waals surface area contributed by atoms with Gasteiger partial charge in [0.15, 0.2) is 6.61 Å². The maximum Gasteiger partial charge on any atom is 0.349 e. The molecule has 2 aromatic carbocycles. The summed E-state index contributed by atoms with van der Waals surface area (Å²) in [7, 11) is 0. The van der Waals surface area contributed by atoms with Crippen LogP contribution in [0.1, 0.15) is 6.92 Å². The van der Waals surface area contributed by atoms with E-state index in [1.165, 1.54) is 6.92 Å². The second kappa shape index (κ2) is 7.09. The molecule has 2 rings (SSSR count). The molecule has 0 aliphatic rings. The van der Waals surface area contributed by atoms with Crippen LogP contribution in [0.4, 0.5) is 5.69 Å². The second-order valence-corrected chi connectivity index (χ2v) is 4.28. The minimum Gasteiger partial charge on any atom is -0.482 e. The van der Waals surface area contributed by atoms with Crippen LogP contribution in [-0.4, -0.2) is 18.5 Å². The first-order valence-corrected chi connectivity index (χ1v) is 6.39. The van der Waals surface area contributed by atoms with E-state index >= 15 is 0 Å². The summed E-state index contributed by atoms with van der Waals surface area (Å²) < 4.78 is 10.4. The molecule has 1 N–H and O–H groups in total. The van der Waals surface area contributed by atoms with E-state index in [4.69, 9.17) is 9.47 Å². The van der Waals surface area contributed by atoms with Gasteiger partial charge in [-0.05, 0) is 36.4 Å². The van der Waals surface area contributed by atoms with Gasteiger partial charge in [-0.25, -0.2) is 4.79 Å². The van der Waals surface area contributed by atoms with Gasteiger partial charge in [-0.2, -0.15) is 0 Å². The van der Waals surface area contributed by atoms with Crippen molar-refractivity contribution in [3.8, 4) is 11.5 Å². The zero-order valence-electron chi connectivity index (χ0n) is 11.5. The molecule has 5 heteroatoms. The molecule has 0 fully saturated rings. The SMILES string of the molecule is CC(=O)Nc1ccc(OC(=O)COc2ccccc2)cc1. The van der Waals surface area contributed by atoms with E-state index in [-0.39, 0.29) is 12.5 Å². The number of esters is 1. The van der Waals surface area contributed by atoms with Gasteiger partial charge >= 0.3 is 5.97 Å². The van der Waals surface area contributed by atoms with Crippen LogP contribution in [0.5, 0.6) is 11.5 Å². The molecule has 0 atom stereocenters. The predicted octanol–water partition coefficient (Wildman–Crippen LogP) is 2.63. The average molecular weight is 285 g/mol. The summed E-state index contributed by atoms with van der Waals surface area (Å²) in [5.74, 6) is 0.350. The Morgan fingerprint density at radius 1 is 0.952 bits per heavy atom. The number of hydrogen-bond acceptors (Lipinski definition) is 4. The molecule has 0 heterocycles. The molecule has 0 spiro atoms. The first-order valence-electron chi connectivity index (χ1n) is 6.39. The summed E-state index contributed by atoms with van der Waals surface area (Å²) in [4.78, 5) is 22.5. The summed E-state index contributed by atoms with van der Waals surface area (Å²) in [5.41, 5.74) is 0.642. The molecule has 1 amide bonds. The van der Waals surface area contributed by atoms with Crippen LogP contribution < -0.4 is 14.8 Å². The molecule has 5 nitrogen and oxygen atoms in total. The summed E-state index contributed by atoms with van der Waals surface area (Å²) >= 11 is 0. The van der Waals surface area contributed by atoms with Crippen LogP contribution in [0.2, 0.25) is 0 Å². The number of amides is 1. The number of carbonyl (C=O) groups is 2. The average Bonchev–Trinajstić information content (AvgIpc) is 2.48. The molecule has 0 bridgehead atoms. The Balaban J connectivity index is 1.83. The number of carbonyl (C=O) groups excluding carboxylic acids is 2. The number of ether oxygens (including phenoxy) is 2. The lowest BCUT2D eigenvalue weighted by Gasteiger charge is -2.07. The van der Waals surface area contributed by atoms with E-state index in [0.29, 0.717) is 17.2 Å². The smallest absolute Gasteiger partial charge is 0.349 e. The highest BCUT2D eigenvalue weighted by Gasteiger charge is 2.06. The van der Waals surface area contributed by atoms with Gasteiger partial charge in [0, 0.05) is 12.6 Å².